The molecule has 2 bridgehead atoms. The molecule has 0 unspecified atom stereocenters. The van der Waals surface area contributed by atoms with Crippen molar-refractivity contribution in [3.05, 3.63) is 65.0 Å². The van der Waals surface area contributed by atoms with Crippen LogP contribution in [0.25, 0.3) is 0 Å². The standard InChI is InChI=1S/C31H44FN3O4S/c1-4-22-9-8-10-23(15-22)20-33-21-29(36)27-18-24-16-25(32)19-26(17-24)39-13-7-5-6-11-30(37)35(2)28(12-14-40-3)31(38)34-27/h8-10,15-17,19,27-29,33,36H,4-7,11-14,18,20-21H2,1-3H3,(H,34,38)/t27-,28-,29+/m0/s1. The third-order valence-electron chi connectivity index (χ3n) is 7.32. The van der Waals surface area contributed by atoms with E-state index in [2.05, 4.69) is 29.7 Å². The second-order valence-electron chi connectivity index (χ2n) is 10.4. The van der Waals surface area contributed by atoms with Crippen molar-refractivity contribution in [1.82, 2.24) is 15.5 Å². The Bertz CT molecular complexity index is 1100. The van der Waals surface area contributed by atoms with Crippen molar-refractivity contribution in [1.29, 1.82) is 0 Å². The molecule has 3 rings (SSSR count). The maximum Gasteiger partial charge on any atom is 0.243 e. The maximum absolute atomic E-state index is 14.5. The third-order valence-corrected chi connectivity index (χ3v) is 7.97. The van der Waals surface area contributed by atoms with Crippen LogP contribution < -0.4 is 15.4 Å². The van der Waals surface area contributed by atoms with E-state index in [4.69, 9.17) is 4.74 Å². The highest BCUT2D eigenvalue weighted by atomic mass is 32.2. The molecule has 1 heterocycles. The molecule has 2 amide bonds. The molecule has 0 saturated carbocycles. The number of hydrogen-bond donors (Lipinski definition) is 3. The molecule has 1 aliphatic heterocycles. The van der Waals surface area contributed by atoms with Crippen molar-refractivity contribution in [3.8, 4) is 5.75 Å². The van der Waals surface area contributed by atoms with Gasteiger partial charge in [0.25, 0.3) is 0 Å². The summed E-state index contributed by atoms with van der Waals surface area (Å²) in [6, 6.07) is 11.4. The summed E-state index contributed by atoms with van der Waals surface area (Å²) in [5, 5.41) is 17.6. The maximum atomic E-state index is 14.5. The third kappa shape index (κ3) is 10.1. The van der Waals surface area contributed by atoms with E-state index in [1.165, 1.54) is 22.6 Å². The summed E-state index contributed by atoms with van der Waals surface area (Å²) in [7, 11) is 1.68. The number of benzene rings is 2. The molecule has 1 aliphatic rings. The van der Waals surface area contributed by atoms with Gasteiger partial charge >= 0.3 is 0 Å². The molecular weight excluding hydrogens is 529 g/mol. The fourth-order valence-electron chi connectivity index (χ4n) is 4.93. The number of hydrogen-bond acceptors (Lipinski definition) is 6. The topological polar surface area (TPSA) is 90.9 Å². The molecule has 0 aromatic heterocycles. The molecule has 2 aromatic carbocycles. The van der Waals surface area contributed by atoms with Gasteiger partial charge in [-0.25, -0.2) is 4.39 Å². The van der Waals surface area contributed by atoms with Crippen LogP contribution in [0.1, 0.15) is 55.7 Å². The normalized spacial score (nSPS) is 20.1. The Balaban J connectivity index is 1.82. The monoisotopic (exact) mass is 573 g/mol. The van der Waals surface area contributed by atoms with Crippen molar-refractivity contribution in [3.63, 3.8) is 0 Å². The fourth-order valence-corrected chi connectivity index (χ4v) is 5.39. The molecule has 0 aliphatic carbocycles. The highest BCUT2D eigenvalue weighted by molar-refractivity contribution is 7.98. The predicted octanol–water partition coefficient (Wildman–Crippen LogP) is 4.10. The lowest BCUT2D eigenvalue weighted by molar-refractivity contribution is -0.139. The van der Waals surface area contributed by atoms with E-state index >= 15 is 0 Å². The number of thioether (sulfide) groups is 1. The summed E-state index contributed by atoms with van der Waals surface area (Å²) in [6.45, 7) is 3.33. The lowest BCUT2D eigenvalue weighted by atomic mass is 9.99. The quantitative estimate of drug-likeness (QED) is 0.419. The zero-order valence-corrected chi connectivity index (χ0v) is 24.8. The predicted molar refractivity (Wildman–Crippen MR) is 159 cm³/mol. The lowest BCUT2D eigenvalue weighted by Crippen LogP contribution is -2.55. The van der Waals surface area contributed by atoms with Gasteiger partial charge in [-0.15, -0.1) is 0 Å². The van der Waals surface area contributed by atoms with Gasteiger partial charge in [-0.1, -0.05) is 31.2 Å². The Labute approximate surface area is 242 Å². The van der Waals surface area contributed by atoms with Gasteiger partial charge in [0.05, 0.1) is 18.8 Å². The van der Waals surface area contributed by atoms with Crippen molar-refractivity contribution in [2.75, 3.05) is 32.2 Å². The van der Waals surface area contributed by atoms with E-state index in [0.717, 1.165) is 24.8 Å². The Morgan fingerprint density at radius 3 is 2.75 bits per heavy atom. The first-order valence-electron chi connectivity index (χ1n) is 14.2. The van der Waals surface area contributed by atoms with Crippen LogP contribution in [0.2, 0.25) is 0 Å². The van der Waals surface area contributed by atoms with Gasteiger partial charge < -0.3 is 25.4 Å². The van der Waals surface area contributed by atoms with Crippen molar-refractivity contribution in [2.24, 2.45) is 0 Å². The number of fused-ring (bicyclic) bond motifs is 2. The van der Waals surface area contributed by atoms with Gasteiger partial charge in [-0.3, -0.25) is 9.59 Å². The molecular formula is C31H44FN3O4S. The molecule has 3 N–H and O–H groups in total. The SMILES string of the molecule is CCc1cccc(CNC[C@@H](O)[C@@H]2Cc3cc(F)cc(c3)OCCCCCC(=O)N(C)[C@@H](CCSC)C(=O)N2)c1. The fraction of sp³-hybridized carbons (Fsp3) is 0.548. The summed E-state index contributed by atoms with van der Waals surface area (Å²) in [6.07, 6.45) is 5.24. The van der Waals surface area contributed by atoms with Gasteiger partial charge in [0, 0.05) is 32.6 Å². The number of aliphatic hydroxyl groups excluding tert-OH is 1. The molecule has 3 atom stereocenters. The first-order chi connectivity index (χ1) is 19.3. The number of rotatable bonds is 9. The lowest BCUT2D eigenvalue weighted by Gasteiger charge is -2.31. The molecule has 9 heteroatoms. The van der Waals surface area contributed by atoms with Crippen LogP contribution in [0.4, 0.5) is 4.39 Å². The van der Waals surface area contributed by atoms with Gasteiger partial charge in [-0.2, -0.15) is 11.8 Å². The van der Waals surface area contributed by atoms with Gasteiger partial charge in [0.15, 0.2) is 0 Å². The number of nitrogens with one attached hydrogen (secondary N) is 2. The number of carbonyl (C=O) groups excluding carboxylic acids is 2. The first-order valence-corrected chi connectivity index (χ1v) is 15.6. The summed E-state index contributed by atoms with van der Waals surface area (Å²) < 4.78 is 20.3. The van der Waals surface area contributed by atoms with Crippen LogP contribution in [-0.2, 0) is 29.0 Å². The number of amides is 2. The zero-order chi connectivity index (χ0) is 28.9. The minimum Gasteiger partial charge on any atom is -0.493 e. The molecule has 220 valence electrons. The van der Waals surface area contributed by atoms with E-state index in [1.807, 2.05) is 18.4 Å². The molecule has 0 spiro atoms. The average molecular weight is 574 g/mol. The average Bonchev–Trinajstić information content (AvgIpc) is 2.93. The number of carbonyl (C=O) groups is 2. The molecule has 0 saturated heterocycles. The van der Waals surface area contributed by atoms with Crippen molar-refractivity contribution < 1.29 is 23.8 Å². The van der Waals surface area contributed by atoms with E-state index in [9.17, 15) is 19.1 Å². The van der Waals surface area contributed by atoms with Crippen LogP contribution >= 0.6 is 11.8 Å². The van der Waals surface area contributed by atoms with Crippen molar-refractivity contribution in [2.45, 2.75) is 76.6 Å². The number of halogens is 1. The highest BCUT2D eigenvalue weighted by Crippen LogP contribution is 2.20. The molecule has 0 fully saturated rings. The largest absolute Gasteiger partial charge is 0.493 e. The van der Waals surface area contributed by atoms with E-state index in [0.29, 0.717) is 49.5 Å². The minimum absolute atomic E-state index is 0.0744. The van der Waals surface area contributed by atoms with E-state index in [1.54, 1.807) is 24.9 Å². The molecule has 0 radical (unpaired) electrons. The van der Waals surface area contributed by atoms with Gasteiger partial charge in [-0.05, 0) is 79.4 Å². The van der Waals surface area contributed by atoms with Gasteiger partial charge in [0.1, 0.15) is 17.6 Å². The summed E-state index contributed by atoms with van der Waals surface area (Å²) >= 11 is 1.62. The van der Waals surface area contributed by atoms with Crippen molar-refractivity contribution >= 4 is 23.6 Å². The number of likely N-dealkylation sites (N-methyl/N-ethyl adjacent to an activating group) is 1. The Morgan fingerprint density at radius 2 is 1.98 bits per heavy atom. The van der Waals surface area contributed by atoms with E-state index < -0.39 is 24.0 Å². The summed E-state index contributed by atoms with van der Waals surface area (Å²) in [5.74, 6) is 0.320. The summed E-state index contributed by atoms with van der Waals surface area (Å²) in [4.78, 5) is 28.1. The highest BCUT2D eigenvalue weighted by Gasteiger charge is 2.30. The molecule has 2 aromatic rings. The number of aryl methyl sites for hydroxylation is 1. The Morgan fingerprint density at radius 1 is 1.18 bits per heavy atom. The summed E-state index contributed by atoms with van der Waals surface area (Å²) in [5.41, 5.74) is 2.97. The minimum atomic E-state index is -0.952. The number of nitrogens with zero attached hydrogens (tertiary/aromatic N) is 1. The van der Waals surface area contributed by atoms with Crippen LogP contribution in [0.5, 0.6) is 5.75 Å². The van der Waals surface area contributed by atoms with Crippen LogP contribution in [0, 0.1) is 5.82 Å². The van der Waals surface area contributed by atoms with Crippen LogP contribution in [0.15, 0.2) is 42.5 Å². The smallest absolute Gasteiger partial charge is 0.243 e. The van der Waals surface area contributed by atoms with E-state index in [-0.39, 0.29) is 24.8 Å². The molecule has 40 heavy (non-hydrogen) atoms. The Kier molecular flexibility index (Phi) is 13.2. The Hall–Kier alpha value is -2.62. The molecule has 7 nitrogen and oxygen atoms in total. The number of aliphatic hydroxyl groups is 1. The van der Waals surface area contributed by atoms with Gasteiger partial charge in [0.2, 0.25) is 11.8 Å². The van der Waals surface area contributed by atoms with Crippen LogP contribution in [-0.4, -0.2) is 72.2 Å². The number of ether oxygens (including phenoxy) is 1. The van der Waals surface area contributed by atoms with Crippen LogP contribution in [0.3, 0.4) is 0 Å². The first kappa shape index (κ1) is 31.9. The second-order valence-corrected chi connectivity index (χ2v) is 11.4. The second kappa shape index (κ2) is 16.6. The zero-order valence-electron chi connectivity index (χ0n) is 24.0.